The fourth-order valence-electron chi connectivity index (χ4n) is 1.84. The highest BCUT2D eigenvalue weighted by atomic mass is 32.2. The molecule has 0 amide bonds. The first-order valence-corrected chi connectivity index (χ1v) is 7.75. The van der Waals surface area contributed by atoms with Gasteiger partial charge in [0.15, 0.2) is 0 Å². The zero-order chi connectivity index (χ0) is 13.1. The lowest BCUT2D eigenvalue weighted by atomic mass is 9.93. The molecule has 1 aliphatic carbocycles. The van der Waals surface area contributed by atoms with Crippen molar-refractivity contribution >= 4 is 10.2 Å². The van der Waals surface area contributed by atoms with Crippen molar-refractivity contribution in [2.45, 2.75) is 51.6 Å². The fraction of sp³-hybridized carbons (Fsp3) is 1.00. The molecule has 102 valence electrons. The molecule has 6 heteroatoms. The van der Waals surface area contributed by atoms with Crippen molar-refractivity contribution in [3.63, 3.8) is 0 Å². The van der Waals surface area contributed by atoms with E-state index in [0.29, 0.717) is 13.1 Å². The quantitative estimate of drug-likeness (QED) is 0.738. The topological polar surface area (TPSA) is 66.6 Å². The first kappa shape index (κ1) is 14.9. The highest BCUT2D eigenvalue weighted by molar-refractivity contribution is 7.86. The largest absolute Gasteiger partial charge is 0.330 e. The van der Waals surface area contributed by atoms with E-state index in [1.807, 2.05) is 13.8 Å². The first-order valence-electron chi connectivity index (χ1n) is 6.36. The fourth-order valence-corrected chi connectivity index (χ4v) is 3.65. The molecule has 2 N–H and O–H groups in total. The highest BCUT2D eigenvalue weighted by Gasteiger charge is 2.36. The minimum Gasteiger partial charge on any atom is -0.330 e. The summed E-state index contributed by atoms with van der Waals surface area (Å²) in [6.07, 6.45) is 3.82. The molecule has 0 aromatic carbocycles. The summed E-state index contributed by atoms with van der Waals surface area (Å²) in [5, 5.41) is 0. The summed E-state index contributed by atoms with van der Waals surface area (Å²) >= 11 is 0. The molecule has 1 aliphatic rings. The van der Waals surface area contributed by atoms with E-state index < -0.39 is 10.2 Å². The molecular formula is C11H25N3O2S. The molecule has 0 aromatic rings. The maximum atomic E-state index is 12.4. The third-order valence-electron chi connectivity index (χ3n) is 3.45. The summed E-state index contributed by atoms with van der Waals surface area (Å²) in [5.74, 6) is 0. The molecule has 1 rings (SSSR count). The Kier molecular flexibility index (Phi) is 5.37. The van der Waals surface area contributed by atoms with E-state index in [0.717, 1.165) is 25.7 Å². The predicted molar refractivity (Wildman–Crippen MR) is 69.8 cm³/mol. The lowest BCUT2D eigenvalue weighted by Crippen LogP contribution is -2.51. The van der Waals surface area contributed by atoms with Crippen LogP contribution >= 0.6 is 0 Å². The SMILES string of the molecule is CC(C)N(C)S(=O)(=O)N(CCCN)C1CCC1. The van der Waals surface area contributed by atoms with Gasteiger partial charge in [-0.3, -0.25) is 0 Å². The van der Waals surface area contributed by atoms with Crippen molar-refractivity contribution in [3.8, 4) is 0 Å². The number of nitrogens with zero attached hydrogens (tertiary/aromatic N) is 2. The van der Waals surface area contributed by atoms with Crippen LogP contribution in [-0.2, 0) is 10.2 Å². The standard InChI is InChI=1S/C11H25N3O2S/c1-10(2)13(3)17(15,16)14(9-5-8-12)11-6-4-7-11/h10-11H,4-9,12H2,1-3H3. The van der Waals surface area contributed by atoms with Crippen molar-refractivity contribution in [2.75, 3.05) is 20.1 Å². The van der Waals surface area contributed by atoms with E-state index in [-0.39, 0.29) is 12.1 Å². The molecule has 17 heavy (non-hydrogen) atoms. The normalized spacial score (nSPS) is 18.1. The average molecular weight is 263 g/mol. The summed E-state index contributed by atoms with van der Waals surface area (Å²) < 4.78 is 27.9. The molecule has 1 saturated carbocycles. The second kappa shape index (κ2) is 6.13. The van der Waals surface area contributed by atoms with E-state index in [9.17, 15) is 8.42 Å². The molecule has 1 fully saturated rings. The van der Waals surface area contributed by atoms with E-state index in [1.54, 1.807) is 11.4 Å². The zero-order valence-corrected chi connectivity index (χ0v) is 11.9. The minimum atomic E-state index is -3.32. The third kappa shape index (κ3) is 3.40. The van der Waals surface area contributed by atoms with Gasteiger partial charge in [0.25, 0.3) is 10.2 Å². The second-order valence-electron chi connectivity index (χ2n) is 4.96. The van der Waals surface area contributed by atoms with Crippen molar-refractivity contribution in [1.82, 2.24) is 8.61 Å². The maximum Gasteiger partial charge on any atom is 0.282 e. The van der Waals surface area contributed by atoms with Gasteiger partial charge in [0.1, 0.15) is 0 Å². The number of hydrogen-bond acceptors (Lipinski definition) is 3. The van der Waals surface area contributed by atoms with Gasteiger partial charge in [0.2, 0.25) is 0 Å². The summed E-state index contributed by atoms with van der Waals surface area (Å²) in [7, 11) is -1.67. The van der Waals surface area contributed by atoms with Gasteiger partial charge in [-0.1, -0.05) is 6.42 Å². The molecular weight excluding hydrogens is 238 g/mol. The minimum absolute atomic E-state index is 0.0135. The van der Waals surface area contributed by atoms with Gasteiger partial charge in [-0.2, -0.15) is 17.0 Å². The number of nitrogens with two attached hydrogens (primary N) is 1. The Morgan fingerprint density at radius 3 is 2.29 bits per heavy atom. The molecule has 5 nitrogen and oxygen atoms in total. The molecule has 0 spiro atoms. The highest BCUT2D eigenvalue weighted by Crippen LogP contribution is 2.28. The van der Waals surface area contributed by atoms with Crippen LogP contribution in [-0.4, -0.2) is 49.2 Å². The molecule has 0 heterocycles. The number of hydrogen-bond donors (Lipinski definition) is 1. The number of rotatable bonds is 7. The molecule has 0 aliphatic heterocycles. The van der Waals surface area contributed by atoms with Crippen molar-refractivity contribution in [1.29, 1.82) is 0 Å². The van der Waals surface area contributed by atoms with Gasteiger partial charge in [0.05, 0.1) is 0 Å². The summed E-state index contributed by atoms with van der Waals surface area (Å²) in [5.41, 5.74) is 5.48. The molecule has 0 atom stereocenters. The maximum absolute atomic E-state index is 12.4. The van der Waals surface area contributed by atoms with Crippen molar-refractivity contribution in [2.24, 2.45) is 5.73 Å². The van der Waals surface area contributed by atoms with Gasteiger partial charge < -0.3 is 5.73 Å². The Bertz CT molecular complexity index is 326. The van der Waals surface area contributed by atoms with Crippen LogP contribution in [0.4, 0.5) is 0 Å². The van der Waals surface area contributed by atoms with Crippen LogP contribution in [0.1, 0.15) is 39.5 Å². The van der Waals surface area contributed by atoms with Crippen LogP contribution in [0, 0.1) is 0 Å². The summed E-state index contributed by atoms with van der Waals surface area (Å²) in [4.78, 5) is 0. The smallest absolute Gasteiger partial charge is 0.282 e. The second-order valence-corrected chi connectivity index (χ2v) is 6.90. The van der Waals surface area contributed by atoms with E-state index in [4.69, 9.17) is 5.73 Å². The molecule has 0 unspecified atom stereocenters. The Morgan fingerprint density at radius 2 is 1.94 bits per heavy atom. The van der Waals surface area contributed by atoms with Crippen LogP contribution in [0.25, 0.3) is 0 Å². The van der Waals surface area contributed by atoms with Crippen LogP contribution in [0.2, 0.25) is 0 Å². The van der Waals surface area contributed by atoms with Crippen LogP contribution < -0.4 is 5.73 Å². The Labute approximate surface area is 105 Å². The van der Waals surface area contributed by atoms with Crippen molar-refractivity contribution < 1.29 is 8.42 Å². The lowest BCUT2D eigenvalue weighted by molar-refractivity contribution is 0.202. The van der Waals surface area contributed by atoms with Crippen molar-refractivity contribution in [3.05, 3.63) is 0 Å². The van der Waals surface area contributed by atoms with Crippen LogP contribution in [0.3, 0.4) is 0 Å². The van der Waals surface area contributed by atoms with Gasteiger partial charge in [-0.05, 0) is 39.7 Å². The Hall–Kier alpha value is -0.170. The average Bonchev–Trinajstić information content (AvgIpc) is 2.19. The molecule has 0 bridgehead atoms. The van der Waals surface area contributed by atoms with Gasteiger partial charge in [-0.15, -0.1) is 0 Å². The van der Waals surface area contributed by atoms with E-state index >= 15 is 0 Å². The van der Waals surface area contributed by atoms with Gasteiger partial charge in [-0.25, -0.2) is 0 Å². The lowest BCUT2D eigenvalue weighted by Gasteiger charge is -2.39. The van der Waals surface area contributed by atoms with Crippen LogP contribution in [0.5, 0.6) is 0 Å². The summed E-state index contributed by atoms with van der Waals surface area (Å²) in [6.45, 7) is 4.85. The van der Waals surface area contributed by atoms with Gasteiger partial charge >= 0.3 is 0 Å². The molecule has 0 saturated heterocycles. The predicted octanol–water partition coefficient (Wildman–Crippen LogP) is 0.775. The Morgan fingerprint density at radius 1 is 1.35 bits per heavy atom. The van der Waals surface area contributed by atoms with E-state index in [1.165, 1.54) is 4.31 Å². The monoisotopic (exact) mass is 263 g/mol. The Balaban J connectivity index is 2.80. The van der Waals surface area contributed by atoms with Gasteiger partial charge in [0, 0.05) is 25.7 Å². The first-order chi connectivity index (χ1) is 7.91. The van der Waals surface area contributed by atoms with Crippen LogP contribution in [0.15, 0.2) is 0 Å². The third-order valence-corrected chi connectivity index (χ3v) is 5.67. The molecule has 0 radical (unpaired) electrons. The van der Waals surface area contributed by atoms with E-state index in [2.05, 4.69) is 0 Å². The molecule has 0 aromatic heterocycles. The zero-order valence-electron chi connectivity index (χ0n) is 11.1. The summed E-state index contributed by atoms with van der Waals surface area (Å²) in [6, 6.07) is 0.174.